The summed E-state index contributed by atoms with van der Waals surface area (Å²) in [6.45, 7) is 0.301. The highest BCUT2D eigenvalue weighted by Crippen LogP contribution is 2.06. The minimum Gasteiger partial charge on any atom is -0.550 e. The number of quaternary nitrogens is 1. The molecular weight excluding hydrogens is 270 g/mol. The van der Waals surface area contributed by atoms with Gasteiger partial charge in [-0.3, -0.25) is 4.79 Å². The van der Waals surface area contributed by atoms with Crippen molar-refractivity contribution >= 4 is 29.5 Å². The second-order valence-electron chi connectivity index (χ2n) is 5.24. The van der Waals surface area contributed by atoms with Crippen LogP contribution in [0.15, 0.2) is 0 Å². The molecule has 0 aromatic heterocycles. The van der Waals surface area contributed by atoms with Crippen molar-refractivity contribution < 1.29 is 28.7 Å². The van der Waals surface area contributed by atoms with Gasteiger partial charge in [-0.25, -0.2) is 4.79 Å². The summed E-state index contributed by atoms with van der Waals surface area (Å²) in [5.41, 5.74) is 0. The number of thioether (sulfide) groups is 1. The van der Waals surface area contributed by atoms with Crippen LogP contribution < -0.4 is 5.11 Å². The zero-order chi connectivity index (χ0) is 15.1. The fraction of sp³-hybridized carbons (Fsp3) is 0.750. The van der Waals surface area contributed by atoms with Crippen molar-refractivity contribution in [2.45, 2.75) is 18.9 Å². The molecule has 1 atom stereocenters. The molecule has 0 saturated heterocycles. The summed E-state index contributed by atoms with van der Waals surface area (Å²) in [7, 11) is 5.52. The first kappa shape index (κ1) is 17.9. The summed E-state index contributed by atoms with van der Waals surface area (Å²) in [6, 6.07) is 0. The lowest BCUT2D eigenvalue weighted by atomic mass is 10.2. The molecule has 0 amide bonds. The molecule has 6 nitrogen and oxygen atoms in total. The number of hydrogen-bond donors (Lipinski definition) is 0. The van der Waals surface area contributed by atoms with Gasteiger partial charge in [0.05, 0.1) is 21.1 Å². The normalized spacial score (nSPS) is 12.8. The van der Waals surface area contributed by atoms with Gasteiger partial charge in [-0.1, -0.05) is 0 Å². The van der Waals surface area contributed by atoms with Crippen molar-refractivity contribution in [3.8, 4) is 0 Å². The average molecular weight is 291 g/mol. The molecule has 0 N–H and O–H groups in total. The van der Waals surface area contributed by atoms with E-state index in [9.17, 15) is 19.5 Å². The smallest absolute Gasteiger partial charge is 0.375 e. The number of aliphatic carboxylic acids is 1. The molecule has 0 bridgehead atoms. The van der Waals surface area contributed by atoms with E-state index in [1.807, 2.05) is 27.4 Å². The van der Waals surface area contributed by atoms with Crippen LogP contribution in [0.1, 0.15) is 12.8 Å². The Hall–Kier alpha value is -1.08. The molecule has 19 heavy (non-hydrogen) atoms. The van der Waals surface area contributed by atoms with Crippen LogP contribution in [-0.2, 0) is 19.1 Å². The molecule has 0 heterocycles. The zero-order valence-electron chi connectivity index (χ0n) is 11.8. The molecule has 0 aliphatic heterocycles. The lowest BCUT2D eigenvalue weighted by Crippen LogP contribution is -2.45. The van der Waals surface area contributed by atoms with E-state index in [0.717, 1.165) is 0 Å². The van der Waals surface area contributed by atoms with Crippen molar-refractivity contribution in [1.29, 1.82) is 0 Å². The number of carbonyl (C=O) groups is 3. The van der Waals surface area contributed by atoms with E-state index in [1.54, 1.807) is 0 Å². The molecular formula is C12H21NO5S. The number of carbonyl (C=O) groups excluding carboxylic acids is 3. The predicted molar refractivity (Wildman–Crippen MR) is 70.4 cm³/mol. The molecule has 7 heteroatoms. The van der Waals surface area contributed by atoms with Crippen LogP contribution in [0.5, 0.6) is 0 Å². The van der Waals surface area contributed by atoms with E-state index in [1.165, 1.54) is 11.8 Å². The van der Waals surface area contributed by atoms with Crippen LogP contribution in [0.2, 0.25) is 0 Å². The largest absolute Gasteiger partial charge is 0.550 e. The van der Waals surface area contributed by atoms with Gasteiger partial charge in [0.2, 0.25) is 5.78 Å². The van der Waals surface area contributed by atoms with Crippen molar-refractivity contribution in [3.05, 3.63) is 0 Å². The zero-order valence-corrected chi connectivity index (χ0v) is 12.6. The van der Waals surface area contributed by atoms with Crippen LogP contribution in [-0.4, -0.2) is 68.0 Å². The molecule has 0 fully saturated rings. The Morgan fingerprint density at radius 3 is 2.26 bits per heavy atom. The quantitative estimate of drug-likeness (QED) is 0.310. The number of nitrogens with zero attached hydrogens (tertiary/aromatic N) is 1. The molecule has 0 spiro atoms. The third-order valence-electron chi connectivity index (χ3n) is 2.18. The summed E-state index contributed by atoms with van der Waals surface area (Å²) in [4.78, 5) is 33.6. The predicted octanol–water partition coefficient (Wildman–Crippen LogP) is -0.933. The van der Waals surface area contributed by atoms with Crippen LogP contribution in [0.4, 0.5) is 0 Å². The van der Waals surface area contributed by atoms with Crippen molar-refractivity contribution in [1.82, 2.24) is 0 Å². The first-order valence-electron chi connectivity index (χ1n) is 5.88. The number of ether oxygens (including phenoxy) is 1. The summed E-state index contributed by atoms with van der Waals surface area (Å²) < 4.78 is 5.38. The maximum Gasteiger partial charge on any atom is 0.375 e. The maximum atomic E-state index is 11.5. The third-order valence-corrected chi connectivity index (χ3v) is 2.79. The van der Waals surface area contributed by atoms with Crippen molar-refractivity contribution in [2.24, 2.45) is 0 Å². The maximum absolute atomic E-state index is 11.5. The van der Waals surface area contributed by atoms with Gasteiger partial charge in [0, 0.05) is 24.6 Å². The molecule has 0 aromatic rings. The van der Waals surface area contributed by atoms with Gasteiger partial charge in [-0.05, 0) is 6.26 Å². The fourth-order valence-electron chi connectivity index (χ4n) is 1.45. The number of hydrogen-bond acceptors (Lipinski definition) is 6. The van der Waals surface area contributed by atoms with Gasteiger partial charge >= 0.3 is 5.97 Å². The van der Waals surface area contributed by atoms with Crippen LogP contribution in [0.3, 0.4) is 0 Å². The Morgan fingerprint density at radius 2 is 1.84 bits per heavy atom. The summed E-state index contributed by atoms with van der Waals surface area (Å²) in [6.07, 6.45) is 0.671. The lowest BCUT2D eigenvalue weighted by molar-refractivity contribution is -0.873. The van der Waals surface area contributed by atoms with Gasteiger partial charge < -0.3 is 19.1 Å². The van der Waals surface area contributed by atoms with Crippen LogP contribution in [0.25, 0.3) is 0 Å². The molecule has 0 saturated carbocycles. The molecule has 0 rings (SSSR count). The summed E-state index contributed by atoms with van der Waals surface area (Å²) in [5.74, 6) is -2.36. The third kappa shape index (κ3) is 9.49. The van der Waals surface area contributed by atoms with Gasteiger partial charge in [-0.15, -0.1) is 0 Å². The fourth-order valence-corrected chi connectivity index (χ4v) is 1.84. The number of ketones is 1. The topological polar surface area (TPSA) is 83.5 Å². The Balaban J connectivity index is 4.50. The molecule has 0 aliphatic carbocycles. The van der Waals surface area contributed by atoms with E-state index >= 15 is 0 Å². The van der Waals surface area contributed by atoms with E-state index in [0.29, 0.717) is 16.8 Å². The van der Waals surface area contributed by atoms with Gasteiger partial charge in [0.15, 0.2) is 6.10 Å². The Bertz CT molecular complexity index is 338. The lowest BCUT2D eigenvalue weighted by Gasteiger charge is -2.29. The van der Waals surface area contributed by atoms with E-state index < -0.39 is 30.2 Å². The summed E-state index contributed by atoms with van der Waals surface area (Å²) >= 11 is 1.45. The highest BCUT2D eigenvalue weighted by atomic mass is 32.2. The van der Waals surface area contributed by atoms with Crippen LogP contribution in [0, 0.1) is 0 Å². The number of carboxylic acid groups (broad SMARTS) is 1. The van der Waals surface area contributed by atoms with Crippen molar-refractivity contribution in [3.63, 3.8) is 0 Å². The SMILES string of the molecule is CSCCC(=O)C(=O)OC(CC(=O)[O-])C[N+](C)(C)C. The number of rotatable bonds is 9. The Morgan fingerprint density at radius 1 is 1.26 bits per heavy atom. The average Bonchev–Trinajstić information content (AvgIpc) is 2.22. The minimum absolute atomic E-state index is 0.0996. The summed E-state index contributed by atoms with van der Waals surface area (Å²) in [5, 5.41) is 10.6. The Labute approximate surface area is 117 Å². The molecule has 1 unspecified atom stereocenters. The monoisotopic (exact) mass is 291 g/mol. The second-order valence-corrected chi connectivity index (χ2v) is 6.23. The molecule has 0 aromatic carbocycles. The standard InChI is InChI=1S/C12H21NO5S/c1-13(2,3)8-9(7-11(15)16)18-12(17)10(14)5-6-19-4/h9H,5-8H2,1-4H3. The van der Waals surface area contributed by atoms with E-state index in [2.05, 4.69) is 0 Å². The highest BCUT2D eigenvalue weighted by Gasteiger charge is 2.25. The molecule has 0 radical (unpaired) electrons. The van der Waals surface area contributed by atoms with E-state index in [4.69, 9.17) is 4.74 Å². The van der Waals surface area contributed by atoms with Gasteiger partial charge in [-0.2, -0.15) is 11.8 Å². The van der Waals surface area contributed by atoms with Crippen molar-refractivity contribution in [2.75, 3.05) is 39.7 Å². The number of Topliss-reactive ketones (excluding diaryl/α,β-unsaturated/α-hetero) is 1. The number of carboxylic acids is 1. The second kappa shape index (κ2) is 8.16. The van der Waals surface area contributed by atoms with Gasteiger partial charge in [0.25, 0.3) is 0 Å². The molecule has 110 valence electrons. The first-order valence-corrected chi connectivity index (χ1v) is 7.28. The van der Waals surface area contributed by atoms with Crippen LogP contribution >= 0.6 is 11.8 Å². The highest BCUT2D eigenvalue weighted by molar-refractivity contribution is 7.98. The number of likely N-dealkylation sites (N-methyl/N-ethyl adjacent to an activating group) is 1. The Kier molecular flexibility index (Phi) is 7.70. The van der Waals surface area contributed by atoms with Gasteiger partial charge in [0.1, 0.15) is 6.54 Å². The van der Waals surface area contributed by atoms with E-state index in [-0.39, 0.29) is 6.42 Å². The minimum atomic E-state index is -1.30. The number of esters is 1. The first-order chi connectivity index (χ1) is 8.65. The molecule has 0 aliphatic rings.